The molecular formula is C26H30N2O4S. The Morgan fingerprint density at radius 1 is 0.879 bits per heavy atom. The molecule has 3 aromatic carbocycles. The van der Waals surface area contributed by atoms with E-state index in [1.54, 1.807) is 43.3 Å². The number of carbonyl (C=O) groups excluding carboxylic acids is 1. The SMILES string of the molecule is COc1ccc(CN(C)C(=O)c2ccc(CN(c3cc(C)ccc3C)S(C)(=O)=O)cc2)cc1. The third-order valence-corrected chi connectivity index (χ3v) is 6.61. The van der Waals surface area contributed by atoms with Crippen LogP contribution in [0.3, 0.4) is 0 Å². The summed E-state index contributed by atoms with van der Waals surface area (Å²) < 4.78 is 31.6. The van der Waals surface area contributed by atoms with Crippen molar-refractivity contribution in [2.45, 2.75) is 26.9 Å². The number of aryl methyl sites for hydroxylation is 2. The highest BCUT2D eigenvalue weighted by Crippen LogP contribution is 2.26. The quantitative estimate of drug-likeness (QED) is 0.488. The molecule has 0 atom stereocenters. The van der Waals surface area contributed by atoms with E-state index in [2.05, 4.69) is 0 Å². The number of ether oxygens (including phenoxy) is 1. The first-order valence-electron chi connectivity index (χ1n) is 10.6. The fourth-order valence-electron chi connectivity index (χ4n) is 3.58. The zero-order valence-corrected chi connectivity index (χ0v) is 20.5. The minimum atomic E-state index is -3.49. The van der Waals surface area contributed by atoms with E-state index in [-0.39, 0.29) is 12.5 Å². The molecule has 3 rings (SSSR count). The average molecular weight is 467 g/mol. The van der Waals surface area contributed by atoms with Gasteiger partial charge in [0.05, 0.1) is 25.6 Å². The van der Waals surface area contributed by atoms with E-state index in [0.29, 0.717) is 17.8 Å². The largest absolute Gasteiger partial charge is 0.497 e. The van der Waals surface area contributed by atoms with Gasteiger partial charge in [-0.15, -0.1) is 0 Å². The first kappa shape index (κ1) is 24.3. The molecular weight excluding hydrogens is 436 g/mol. The fourth-order valence-corrected chi connectivity index (χ4v) is 4.52. The van der Waals surface area contributed by atoms with Crippen LogP contribution in [0.25, 0.3) is 0 Å². The zero-order chi connectivity index (χ0) is 24.2. The molecule has 0 heterocycles. The van der Waals surface area contributed by atoms with Crippen LogP contribution in [0.2, 0.25) is 0 Å². The van der Waals surface area contributed by atoms with Gasteiger partial charge in [0, 0.05) is 19.2 Å². The van der Waals surface area contributed by atoms with Crippen LogP contribution in [0.5, 0.6) is 5.75 Å². The second-order valence-corrected chi connectivity index (χ2v) is 10.2. The number of amides is 1. The molecule has 0 aliphatic carbocycles. The molecule has 0 fully saturated rings. The molecule has 6 nitrogen and oxygen atoms in total. The van der Waals surface area contributed by atoms with Gasteiger partial charge in [-0.25, -0.2) is 8.42 Å². The lowest BCUT2D eigenvalue weighted by molar-refractivity contribution is 0.0785. The van der Waals surface area contributed by atoms with E-state index in [1.165, 1.54) is 10.6 Å². The Labute approximate surface area is 196 Å². The molecule has 0 N–H and O–H groups in total. The molecule has 0 unspecified atom stereocenters. The lowest BCUT2D eigenvalue weighted by atomic mass is 10.1. The van der Waals surface area contributed by atoms with Crippen molar-refractivity contribution in [2.75, 3.05) is 24.7 Å². The highest BCUT2D eigenvalue weighted by molar-refractivity contribution is 7.92. The predicted molar refractivity (Wildman–Crippen MR) is 132 cm³/mol. The van der Waals surface area contributed by atoms with Crippen molar-refractivity contribution >= 4 is 21.6 Å². The predicted octanol–water partition coefficient (Wildman–Crippen LogP) is 4.55. The molecule has 0 spiro atoms. The number of benzene rings is 3. The van der Waals surface area contributed by atoms with Crippen LogP contribution in [0.1, 0.15) is 32.6 Å². The molecule has 0 aliphatic rings. The summed E-state index contributed by atoms with van der Waals surface area (Å²) >= 11 is 0. The summed E-state index contributed by atoms with van der Waals surface area (Å²) in [6.45, 7) is 4.50. The molecule has 0 radical (unpaired) electrons. The number of hydrogen-bond acceptors (Lipinski definition) is 4. The van der Waals surface area contributed by atoms with Crippen LogP contribution in [0.4, 0.5) is 5.69 Å². The van der Waals surface area contributed by atoms with E-state index in [4.69, 9.17) is 4.74 Å². The normalized spacial score (nSPS) is 11.2. The van der Waals surface area contributed by atoms with Gasteiger partial charge in [0.15, 0.2) is 0 Å². The molecule has 1 amide bonds. The molecule has 174 valence electrons. The summed E-state index contributed by atoms with van der Waals surface area (Å²) in [6.07, 6.45) is 1.21. The van der Waals surface area contributed by atoms with Crippen molar-refractivity contribution in [1.29, 1.82) is 0 Å². The topological polar surface area (TPSA) is 66.9 Å². The van der Waals surface area contributed by atoms with Gasteiger partial charge in [-0.2, -0.15) is 0 Å². The molecule has 0 bridgehead atoms. The minimum absolute atomic E-state index is 0.105. The summed E-state index contributed by atoms with van der Waals surface area (Å²) in [7, 11) is -0.113. The maximum absolute atomic E-state index is 12.9. The lowest BCUT2D eigenvalue weighted by Crippen LogP contribution is -2.30. The van der Waals surface area contributed by atoms with E-state index < -0.39 is 10.0 Å². The lowest BCUT2D eigenvalue weighted by Gasteiger charge is -2.25. The standard InChI is InChI=1S/C26H30N2O4S/c1-19-6-7-20(2)25(16-19)28(33(5,30)31)18-22-8-12-23(13-9-22)26(29)27(3)17-21-10-14-24(32-4)15-11-21/h6-16H,17-18H2,1-5H3. The zero-order valence-electron chi connectivity index (χ0n) is 19.7. The van der Waals surface area contributed by atoms with Crippen molar-refractivity contribution in [2.24, 2.45) is 0 Å². The number of rotatable bonds is 8. The molecule has 0 saturated heterocycles. The minimum Gasteiger partial charge on any atom is -0.497 e. The van der Waals surface area contributed by atoms with Gasteiger partial charge in [0.2, 0.25) is 10.0 Å². The van der Waals surface area contributed by atoms with Crippen LogP contribution < -0.4 is 9.04 Å². The Kier molecular flexibility index (Phi) is 7.43. The Balaban J connectivity index is 1.75. The van der Waals surface area contributed by atoms with Gasteiger partial charge in [-0.3, -0.25) is 9.10 Å². The molecule has 0 aromatic heterocycles. The van der Waals surface area contributed by atoms with E-state index >= 15 is 0 Å². The number of carbonyl (C=O) groups is 1. The van der Waals surface area contributed by atoms with Crippen LogP contribution in [0.15, 0.2) is 66.7 Å². The third-order valence-electron chi connectivity index (χ3n) is 5.49. The summed E-state index contributed by atoms with van der Waals surface area (Å²) in [5.74, 6) is 0.666. The van der Waals surface area contributed by atoms with Crippen molar-refractivity contribution < 1.29 is 17.9 Å². The molecule has 0 aliphatic heterocycles. The highest BCUT2D eigenvalue weighted by Gasteiger charge is 2.20. The van der Waals surface area contributed by atoms with Crippen LogP contribution in [-0.2, 0) is 23.1 Å². The maximum atomic E-state index is 12.9. The van der Waals surface area contributed by atoms with Gasteiger partial charge in [0.1, 0.15) is 5.75 Å². The first-order valence-corrected chi connectivity index (χ1v) is 12.5. The number of anilines is 1. The van der Waals surface area contributed by atoms with E-state index in [0.717, 1.165) is 28.0 Å². The van der Waals surface area contributed by atoms with Crippen LogP contribution in [-0.4, -0.2) is 39.6 Å². The Morgan fingerprint density at radius 3 is 2.03 bits per heavy atom. The Bertz CT molecular complexity index is 1220. The van der Waals surface area contributed by atoms with Gasteiger partial charge < -0.3 is 9.64 Å². The van der Waals surface area contributed by atoms with Gasteiger partial charge in [0.25, 0.3) is 5.91 Å². The second kappa shape index (κ2) is 10.1. The first-order chi connectivity index (χ1) is 15.6. The van der Waals surface area contributed by atoms with Gasteiger partial charge in [-0.05, 0) is 66.4 Å². The monoisotopic (exact) mass is 466 g/mol. The number of sulfonamides is 1. The van der Waals surface area contributed by atoms with Crippen molar-refractivity contribution in [3.8, 4) is 5.75 Å². The number of nitrogens with zero attached hydrogens (tertiary/aromatic N) is 2. The highest BCUT2D eigenvalue weighted by atomic mass is 32.2. The van der Waals surface area contributed by atoms with Gasteiger partial charge in [-0.1, -0.05) is 36.4 Å². The molecule has 0 saturated carbocycles. The van der Waals surface area contributed by atoms with E-state index in [9.17, 15) is 13.2 Å². The van der Waals surface area contributed by atoms with Crippen molar-refractivity contribution in [1.82, 2.24) is 4.90 Å². The van der Waals surface area contributed by atoms with Crippen LogP contribution in [0, 0.1) is 13.8 Å². The maximum Gasteiger partial charge on any atom is 0.253 e. The number of methoxy groups -OCH3 is 1. The molecule has 7 heteroatoms. The fraction of sp³-hybridized carbons (Fsp3) is 0.269. The Morgan fingerprint density at radius 2 is 1.45 bits per heavy atom. The van der Waals surface area contributed by atoms with E-state index in [1.807, 2.05) is 56.3 Å². The summed E-state index contributed by atoms with van der Waals surface area (Å²) in [5.41, 5.74) is 4.89. The number of hydrogen-bond donors (Lipinski definition) is 0. The third kappa shape index (κ3) is 6.14. The van der Waals surface area contributed by atoms with Crippen molar-refractivity contribution in [3.05, 3.63) is 94.5 Å². The summed E-state index contributed by atoms with van der Waals surface area (Å²) in [6, 6.07) is 20.4. The molecule has 33 heavy (non-hydrogen) atoms. The smallest absolute Gasteiger partial charge is 0.253 e. The Hall–Kier alpha value is -3.32. The second-order valence-electron chi connectivity index (χ2n) is 8.27. The average Bonchev–Trinajstić information content (AvgIpc) is 2.79. The van der Waals surface area contributed by atoms with Gasteiger partial charge >= 0.3 is 0 Å². The van der Waals surface area contributed by atoms with Crippen LogP contribution >= 0.6 is 0 Å². The molecule has 3 aromatic rings. The van der Waals surface area contributed by atoms with Crippen molar-refractivity contribution in [3.63, 3.8) is 0 Å². The summed E-state index contributed by atoms with van der Waals surface area (Å²) in [5, 5.41) is 0. The summed E-state index contributed by atoms with van der Waals surface area (Å²) in [4.78, 5) is 14.5.